The van der Waals surface area contributed by atoms with Gasteiger partial charge in [-0.05, 0) is 26.2 Å². The summed E-state index contributed by atoms with van der Waals surface area (Å²) >= 11 is 0. The van der Waals surface area contributed by atoms with Crippen LogP contribution in [0.4, 0.5) is 4.79 Å². The summed E-state index contributed by atoms with van der Waals surface area (Å²) in [6.07, 6.45) is 3.61. The predicted molar refractivity (Wildman–Crippen MR) is 108 cm³/mol. The van der Waals surface area contributed by atoms with Crippen molar-refractivity contribution in [2.45, 2.75) is 26.2 Å². The number of ether oxygens (including phenoxy) is 3. The Morgan fingerprint density at radius 1 is 0.931 bits per heavy atom. The van der Waals surface area contributed by atoms with Gasteiger partial charge in [-0.1, -0.05) is 13.2 Å². The normalized spacial score (nSPS) is 13.5. The van der Waals surface area contributed by atoms with Gasteiger partial charge in [0.1, 0.15) is 19.8 Å². The standard InChI is InChI=1S/C20H31N3O6/c1-16(2)18(24)27-12-9-22(10-13-28-19(25)17(3)15-21)11-14-29-20(26)23-7-5-4-6-8-23/h15,21H,1,3-14H2,2H3. The largest absolute Gasteiger partial charge is 0.461 e. The Balaban J connectivity index is 2.43. The van der Waals surface area contributed by atoms with Gasteiger partial charge in [-0.15, -0.1) is 0 Å². The lowest BCUT2D eigenvalue weighted by Crippen LogP contribution is -2.39. The predicted octanol–water partition coefficient (Wildman–Crippen LogP) is 1.78. The molecule has 9 nitrogen and oxygen atoms in total. The zero-order chi connectivity index (χ0) is 21.6. The van der Waals surface area contributed by atoms with E-state index in [0.717, 1.165) is 25.5 Å². The second-order valence-electron chi connectivity index (χ2n) is 6.73. The molecule has 0 spiro atoms. The summed E-state index contributed by atoms with van der Waals surface area (Å²) in [6.45, 7) is 11.4. The van der Waals surface area contributed by atoms with Gasteiger partial charge in [0.05, 0.1) is 5.57 Å². The fourth-order valence-corrected chi connectivity index (χ4v) is 2.57. The number of hydrogen-bond donors (Lipinski definition) is 1. The zero-order valence-electron chi connectivity index (χ0n) is 17.1. The van der Waals surface area contributed by atoms with E-state index in [9.17, 15) is 14.4 Å². The molecule has 162 valence electrons. The van der Waals surface area contributed by atoms with Crippen LogP contribution in [0.3, 0.4) is 0 Å². The highest BCUT2D eigenvalue weighted by Gasteiger charge is 2.18. The average Bonchev–Trinajstić information content (AvgIpc) is 2.72. The zero-order valence-corrected chi connectivity index (χ0v) is 17.1. The molecule has 0 atom stereocenters. The van der Waals surface area contributed by atoms with Crippen molar-refractivity contribution < 1.29 is 28.6 Å². The molecule has 9 heteroatoms. The first-order valence-electron chi connectivity index (χ1n) is 9.68. The third-order valence-corrected chi connectivity index (χ3v) is 4.31. The summed E-state index contributed by atoms with van der Waals surface area (Å²) in [5, 5.41) is 7.00. The van der Waals surface area contributed by atoms with Crippen LogP contribution in [0.15, 0.2) is 24.3 Å². The van der Waals surface area contributed by atoms with Crippen molar-refractivity contribution >= 4 is 24.2 Å². The number of nitrogens with one attached hydrogen (secondary N) is 1. The van der Waals surface area contributed by atoms with E-state index in [1.54, 1.807) is 11.8 Å². The maximum Gasteiger partial charge on any atom is 0.409 e. The van der Waals surface area contributed by atoms with Crippen LogP contribution in [0.25, 0.3) is 0 Å². The Hall–Kier alpha value is -2.68. The highest BCUT2D eigenvalue weighted by Crippen LogP contribution is 2.09. The number of hydrogen-bond acceptors (Lipinski definition) is 8. The maximum absolute atomic E-state index is 12.1. The van der Waals surface area contributed by atoms with E-state index in [-0.39, 0.29) is 31.5 Å². The van der Waals surface area contributed by atoms with Gasteiger partial charge in [0, 0.05) is 44.5 Å². The number of nitrogens with zero attached hydrogens (tertiary/aromatic N) is 2. The van der Waals surface area contributed by atoms with E-state index < -0.39 is 11.9 Å². The first kappa shape index (κ1) is 24.4. The summed E-state index contributed by atoms with van der Waals surface area (Å²) in [6, 6.07) is 0. The molecular weight excluding hydrogens is 378 g/mol. The Kier molecular flexibility index (Phi) is 11.3. The molecule has 0 bridgehead atoms. The Bertz CT molecular complexity index is 613. The smallest absolute Gasteiger partial charge is 0.409 e. The van der Waals surface area contributed by atoms with Crippen molar-refractivity contribution in [3.8, 4) is 0 Å². The Labute approximate surface area is 171 Å². The quantitative estimate of drug-likeness (QED) is 0.226. The number of esters is 2. The molecular formula is C20H31N3O6. The molecule has 0 aromatic rings. The molecule has 1 saturated heterocycles. The summed E-state index contributed by atoms with van der Waals surface area (Å²) < 4.78 is 15.5. The molecule has 1 aliphatic heterocycles. The van der Waals surface area contributed by atoms with Gasteiger partial charge in [-0.3, -0.25) is 4.90 Å². The molecule has 1 fully saturated rings. The molecule has 0 unspecified atom stereocenters. The van der Waals surface area contributed by atoms with E-state index >= 15 is 0 Å². The van der Waals surface area contributed by atoms with E-state index in [0.29, 0.717) is 38.3 Å². The van der Waals surface area contributed by atoms with Gasteiger partial charge in [-0.2, -0.15) is 0 Å². The molecule has 1 N–H and O–H groups in total. The lowest BCUT2D eigenvalue weighted by Gasteiger charge is -2.27. The van der Waals surface area contributed by atoms with Crippen LogP contribution in [0.1, 0.15) is 26.2 Å². The van der Waals surface area contributed by atoms with Crippen molar-refractivity contribution in [2.75, 3.05) is 52.5 Å². The van der Waals surface area contributed by atoms with E-state index in [2.05, 4.69) is 13.2 Å². The summed E-state index contributed by atoms with van der Waals surface area (Å²) in [5.74, 6) is -1.14. The molecule has 29 heavy (non-hydrogen) atoms. The molecule has 0 aromatic carbocycles. The van der Waals surface area contributed by atoms with Gasteiger partial charge >= 0.3 is 18.0 Å². The first-order valence-corrected chi connectivity index (χ1v) is 9.68. The molecule has 0 radical (unpaired) electrons. The molecule has 0 saturated carbocycles. The summed E-state index contributed by atoms with van der Waals surface area (Å²) in [4.78, 5) is 38.7. The van der Waals surface area contributed by atoms with E-state index in [4.69, 9.17) is 19.6 Å². The topological polar surface area (TPSA) is 109 Å². The number of amides is 1. The minimum absolute atomic E-state index is 0.0394. The molecule has 0 aromatic heterocycles. The third-order valence-electron chi connectivity index (χ3n) is 4.31. The van der Waals surface area contributed by atoms with E-state index in [1.807, 2.05) is 4.90 Å². The van der Waals surface area contributed by atoms with Crippen molar-refractivity contribution in [1.29, 1.82) is 5.41 Å². The van der Waals surface area contributed by atoms with Crippen LogP contribution in [-0.4, -0.2) is 86.6 Å². The molecule has 0 aliphatic carbocycles. The first-order chi connectivity index (χ1) is 13.8. The fourth-order valence-electron chi connectivity index (χ4n) is 2.57. The van der Waals surface area contributed by atoms with Crippen LogP contribution in [0.5, 0.6) is 0 Å². The van der Waals surface area contributed by atoms with Gasteiger partial charge in [0.15, 0.2) is 0 Å². The number of carbonyl (C=O) groups is 3. The van der Waals surface area contributed by atoms with Crippen molar-refractivity contribution in [2.24, 2.45) is 0 Å². The molecule has 1 aliphatic rings. The highest BCUT2D eigenvalue weighted by atomic mass is 16.6. The van der Waals surface area contributed by atoms with Crippen molar-refractivity contribution in [3.05, 3.63) is 24.3 Å². The van der Waals surface area contributed by atoms with Gasteiger partial charge in [-0.25, -0.2) is 14.4 Å². The molecule has 1 heterocycles. The van der Waals surface area contributed by atoms with E-state index in [1.165, 1.54) is 0 Å². The fraction of sp³-hybridized carbons (Fsp3) is 0.600. The minimum Gasteiger partial charge on any atom is -0.461 e. The third kappa shape index (κ3) is 9.89. The maximum atomic E-state index is 12.1. The van der Waals surface area contributed by atoms with Gasteiger partial charge in [0.2, 0.25) is 0 Å². The summed E-state index contributed by atoms with van der Waals surface area (Å²) in [7, 11) is 0. The highest BCUT2D eigenvalue weighted by molar-refractivity contribution is 6.07. The van der Waals surface area contributed by atoms with Crippen LogP contribution in [0, 0.1) is 5.41 Å². The number of likely N-dealkylation sites (tertiary alicyclic amines) is 1. The Morgan fingerprint density at radius 3 is 1.97 bits per heavy atom. The van der Waals surface area contributed by atoms with Gasteiger partial charge < -0.3 is 24.5 Å². The van der Waals surface area contributed by atoms with Gasteiger partial charge in [0.25, 0.3) is 0 Å². The number of carbonyl (C=O) groups excluding carboxylic acids is 3. The monoisotopic (exact) mass is 409 g/mol. The second-order valence-corrected chi connectivity index (χ2v) is 6.73. The van der Waals surface area contributed by atoms with Crippen LogP contribution in [-0.2, 0) is 23.8 Å². The number of piperidine rings is 1. The van der Waals surface area contributed by atoms with Crippen LogP contribution >= 0.6 is 0 Å². The SMILES string of the molecule is C=C(C)C(=O)OCCN(CCOC(=O)C(=C)C=N)CCOC(=O)N1CCCCC1. The average molecular weight is 409 g/mol. The number of rotatable bonds is 12. The Morgan fingerprint density at radius 2 is 1.45 bits per heavy atom. The van der Waals surface area contributed by atoms with Crippen molar-refractivity contribution in [3.63, 3.8) is 0 Å². The summed E-state index contributed by atoms with van der Waals surface area (Å²) in [5.41, 5.74) is 0.272. The molecule has 1 rings (SSSR count). The lowest BCUT2D eigenvalue weighted by atomic mass is 10.1. The van der Waals surface area contributed by atoms with Crippen molar-refractivity contribution in [1.82, 2.24) is 9.80 Å². The molecule has 1 amide bonds. The minimum atomic E-state index is -0.662. The van der Waals surface area contributed by atoms with Crippen LogP contribution in [0.2, 0.25) is 0 Å². The second kappa shape index (κ2) is 13.5. The van der Waals surface area contributed by atoms with Crippen LogP contribution < -0.4 is 0 Å². The lowest BCUT2D eigenvalue weighted by molar-refractivity contribution is -0.139.